The van der Waals surface area contributed by atoms with E-state index in [9.17, 15) is 14.7 Å². The molecule has 3 atom stereocenters. The predicted molar refractivity (Wildman–Crippen MR) is 138 cm³/mol. The molecule has 2 amide bonds. The van der Waals surface area contributed by atoms with Gasteiger partial charge in [-0.3, -0.25) is 19.5 Å². The molecule has 8 heteroatoms. The Balaban J connectivity index is 2.00. The number of pyridine rings is 1. The highest BCUT2D eigenvalue weighted by Crippen LogP contribution is 2.32. The van der Waals surface area contributed by atoms with Crippen LogP contribution in [-0.2, 0) is 15.0 Å². The van der Waals surface area contributed by atoms with Crippen LogP contribution in [0.5, 0.6) is 0 Å². The van der Waals surface area contributed by atoms with Gasteiger partial charge in [0, 0.05) is 36.7 Å². The minimum absolute atomic E-state index is 0.0446. The fourth-order valence-electron chi connectivity index (χ4n) is 4.26. The largest absolute Gasteiger partial charge is 0.392 e. The molecular weight excluding hydrogens is 442 g/mol. The number of benzene rings is 1. The SMILES string of the molecule is CN(C)CCCNC(=O)C(c1cccnc1)N(C(=O)[C@H]1C[C@@H](O)CN1)c1ccc(C(C)(C)C)cc1. The summed E-state index contributed by atoms with van der Waals surface area (Å²) >= 11 is 0. The number of hydrogen-bond donors (Lipinski definition) is 3. The van der Waals surface area contributed by atoms with Crippen molar-refractivity contribution in [3.05, 3.63) is 59.9 Å². The summed E-state index contributed by atoms with van der Waals surface area (Å²) in [5.74, 6) is -0.508. The number of rotatable bonds is 9. The molecule has 0 bridgehead atoms. The van der Waals surface area contributed by atoms with Crippen LogP contribution in [0, 0.1) is 0 Å². The molecule has 1 aliphatic heterocycles. The Morgan fingerprint density at radius 1 is 1.20 bits per heavy atom. The van der Waals surface area contributed by atoms with Crippen LogP contribution in [0.2, 0.25) is 0 Å². The first kappa shape index (κ1) is 26.8. The zero-order valence-electron chi connectivity index (χ0n) is 21.5. The van der Waals surface area contributed by atoms with E-state index in [1.807, 2.05) is 44.4 Å². The minimum Gasteiger partial charge on any atom is -0.392 e. The molecule has 2 heterocycles. The molecule has 0 aliphatic carbocycles. The maximum absolute atomic E-state index is 13.9. The van der Waals surface area contributed by atoms with Crippen molar-refractivity contribution in [1.82, 2.24) is 20.5 Å². The first-order chi connectivity index (χ1) is 16.6. The fraction of sp³-hybridized carbons (Fsp3) is 0.519. The number of aliphatic hydroxyl groups is 1. The number of carbonyl (C=O) groups excluding carboxylic acids is 2. The summed E-state index contributed by atoms with van der Waals surface area (Å²) in [4.78, 5) is 35.3. The molecule has 2 aromatic rings. The van der Waals surface area contributed by atoms with E-state index >= 15 is 0 Å². The van der Waals surface area contributed by atoms with Crippen LogP contribution >= 0.6 is 0 Å². The van der Waals surface area contributed by atoms with Crippen LogP contribution in [-0.4, -0.2) is 72.7 Å². The number of β-amino-alcohol motifs (C(OH)–C–C–N with tert-alkyl or cyclic N) is 1. The quantitative estimate of drug-likeness (QED) is 0.476. The van der Waals surface area contributed by atoms with Crippen molar-refractivity contribution in [3.63, 3.8) is 0 Å². The Bertz CT molecular complexity index is 973. The summed E-state index contributed by atoms with van der Waals surface area (Å²) in [6.45, 7) is 8.09. The maximum Gasteiger partial charge on any atom is 0.247 e. The number of nitrogens with one attached hydrogen (secondary N) is 2. The number of carbonyl (C=O) groups is 2. The number of aromatic nitrogens is 1. The van der Waals surface area contributed by atoms with Crippen molar-refractivity contribution in [3.8, 4) is 0 Å². The summed E-state index contributed by atoms with van der Waals surface area (Å²) in [7, 11) is 3.98. The number of anilines is 1. The van der Waals surface area contributed by atoms with Gasteiger partial charge in [-0.1, -0.05) is 39.0 Å². The van der Waals surface area contributed by atoms with E-state index in [0.717, 1.165) is 18.5 Å². The first-order valence-electron chi connectivity index (χ1n) is 12.3. The molecule has 190 valence electrons. The van der Waals surface area contributed by atoms with E-state index in [1.165, 1.54) is 0 Å². The molecule has 0 spiro atoms. The Morgan fingerprint density at radius 2 is 1.91 bits per heavy atom. The molecule has 3 N–H and O–H groups in total. The van der Waals surface area contributed by atoms with E-state index in [4.69, 9.17) is 0 Å². The average Bonchev–Trinajstić information content (AvgIpc) is 3.26. The Labute approximate surface area is 208 Å². The number of nitrogens with zero attached hydrogens (tertiary/aromatic N) is 3. The van der Waals surface area contributed by atoms with Gasteiger partial charge in [-0.05, 0) is 62.7 Å². The second-order valence-electron chi connectivity index (χ2n) is 10.5. The molecule has 35 heavy (non-hydrogen) atoms. The lowest BCUT2D eigenvalue weighted by atomic mass is 9.87. The van der Waals surface area contributed by atoms with Crippen molar-refractivity contribution < 1.29 is 14.7 Å². The third-order valence-corrected chi connectivity index (χ3v) is 6.24. The average molecular weight is 482 g/mol. The highest BCUT2D eigenvalue weighted by molar-refractivity contribution is 6.03. The standard InChI is InChI=1S/C27H39N5O3/c1-27(2,3)20-9-11-21(12-10-20)32(26(35)23-16-22(33)18-30-23)24(19-8-6-13-28-17-19)25(34)29-14-7-15-31(4)5/h6,8-13,17,22-24,30,33H,7,14-16,18H2,1-5H3,(H,29,34)/t22-,23-,24?/m1/s1. The maximum atomic E-state index is 13.9. The highest BCUT2D eigenvalue weighted by Gasteiger charge is 2.39. The Kier molecular flexibility index (Phi) is 8.99. The van der Waals surface area contributed by atoms with Gasteiger partial charge in [0.2, 0.25) is 11.8 Å². The van der Waals surface area contributed by atoms with Crippen LogP contribution in [0.1, 0.15) is 50.8 Å². The first-order valence-corrected chi connectivity index (χ1v) is 12.3. The predicted octanol–water partition coefficient (Wildman–Crippen LogP) is 2.24. The fourth-order valence-corrected chi connectivity index (χ4v) is 4.26. The Hall–Kier alpha value is -2.81. The second-order valence-corrected chi connectivity index (χ2v) is 10.5. The van der Waals surface area contributed by atoms with Crippen molar-refractivity contribution in [2.24, 2.45) is 0 Å². The second kappa shape index (κ2) is 11.7. The summed E-state index contributed by atoms with van der Waals surface area (Å²) < 4.78 is 0. The van der Waals surface area contributed by atoms with Crippen molar-refractivity contribution >= 4 is 17.5 Å². The molecule has 1 aromatic carbocycles. The van der Waals surface area contributed by atoms with Gasteiger partial charge in [-0.15, -0.1) is 0 Å². The van der Waals surface area contributed by atoms with Gasteiger partial charge in [0.25, 0.3) is 0 Å². The molecule has 1 unspecified atom stereocenters. The number of hydrogen-bond acceptors (Lipinski definition) is 6. The van der Waals surface area contributed by atoms with Crippen LogP contribution in [0.15, 0.2) is 48.8 Å². The topological polar surface area (TPSA) is 97.8 Å². The van der Waals surface area contributed by atoms with Gasteiger partial charge in [0.05, 0.1) is 12.1 Å². The lowest BCUT2D eigenvalue weighted by molar-refractivity contribution is -0.127. The molecule has 1 aliphatic rings. The van der Waals surface area contributed by atoms with E-state index in [1.54, 1.807) is 23.4 Å². The van der Waals surface area contributed by atoms with E-state index in [-0.39, 0.29) is 17.2 Å². The number of amides is 2. The molecule has 0 saturated carbocycles. The summed E-state index contributed by atoms with van der Waals surface area (Å²) in [5, 5.41) is 16.2. The van der Waals surface area contributed by atoms with Gasteiger partial charge in [0.15, 0.2) is 0 Å². The van der Waals surface area contributed by atoms with Gasteiger partial charge in [-0.2, -0.15) is 0 Å². The molecular formula is C27H39N5O3. The van der Waals surface area contributed by atoms with Crippen LogP contribution in [0.4, 0.5) is 5.69 Å². The third-order valence-electron chi connectivity index (χ3n) is 6.24. The van der Waals surface area contributed by atoms with Crippen LogP contribution < -0.4 is 15.5 Å². The van der Waals surface area contributed by atoms with Crippen LogP contribution in [0.3, 0.4) is 0 Å². The zero-order valence-corrected chi connectivity index (χ0v) is 21.5. The summed E-state index contributed by atoms with van der Waals surface area (Å²) in [5.41, 5.74) is 2.35. The van der Waals surface area contributed by atoms with E-state index in [0.29, 0.717) is 30.8 Å². The highest BCUT2D eigenvalue weighted by atomic mass is 16.3. The molecule has 3 rings (SSSR count). The summed E-state index contributed by atoms with van der Waals surface area (Å²) in [6, 6.07) is 9.91. The minimum atomic E-state index is -0.893. The summed E-state index contributed by atoms with van der Waals surface area (Å²) in [6.07, 6.45) is 3.79. The van der Waals surface area contributed by atoms with Crippen molar-refractivity contribution in [1.29, 1.82) is 0 Å². The molecule has 1 fully saturated rings. The Morgan fingerprint density at radius 3 is 2.46 bits per heavy atom. The molecule has 8 nitrogen and oxygen atoms in total. The lowest BCUT2D eigenvalue weighted by Gasteiger charge is -2.33. The van der Waals surface area contributed by atoms with Gasteiger partial charge < -0.3 is 20.6 Å². The smallest absolute Gasteiger partial charge is 0.247 e. The van der Waals surface area contributed by atoms with E-state index < -0.39 is 18.2 Å². The third kappa shape index (κ3) is 7.10. The lowest BCUT2D eigenvalue weighted by Crippen LogP contribution is -2.50. The normalized spacial score (nSPS) is 18.9. The van der Waals surface area contributed by atoms with E-state index in [2.05, 4.69) is 41.3 Å². The molecule has 0 radical (unpaired) electrons. The van der Waals surface area contributed by atoms with Gasteiger partial charge in [0.1, 0.15) is 6.04 Å². The van der Waals surface area contributed by atoms with Crippen LogP contribution in [0.25, 0.3) is 0 Å². The zero-order chi connectivity index (χ0) is 25.6. The van der Waals surface area contributed by atoms with Crippen molar-refractivity contribution in [2.45, 2.75) is 57.2 Å². The molecule has 1 saturated heterocycles. The van der Waals surface area contributed by atoms with Gasteiger partial charge in [-0.25, -0.2) is 0 Å². The number of aliphatic hydroxyl groups excluding tert-OH is 1. The van der Waals surface area contributed by atoms with Crippen molar-refractivity contribution in [2.75, 3.05) is 38.6 Å². The van der Waals surface area contributed by atoms with Gasteiger partial charge >= 0.3 is 0 Å². The molecule has 1 aromatic heterocycles. The monoisotopic (exact) mass is 481 g/mol.